The molecule has 2 atom stereocenters. The summed E-state index contributed by atoms with van der Waals surface area (Å²) >= 11 is 6.52. The van der Waals surface area contributed by atoms with Gasteiger partial charge in [-0.25, -0.2) is 14.2 Å². The summed E-state index contributed by atoms with van der Waals surface area (Å²) in [7, 11) is 0. The van der Waals surface area contributed by atoms with E-state index in [0.29, 0.717) is 41.3 Å². The maximum atomic E-state index is 13.5. The average Bonchev–Trinajstić information content (AvgIpc) is 3.57. The first kappa shape index (κ1) is 27.1. The van der Waals surface area contributed by atoms with Gasteiger partial charge < -0.3 is 20.1 Å². The number of benzene rings is 2. The summed E-state index contributed by atoms with van der Waals surface area (Å²) in [5.41, 5.74) is 3.89. The summed E-state index contributed by atoms with van der Waals surface area (Å²) < 4.78 is 19.4. The van der Waals surface area contributed by atoms with Crippen molar-refractivity contribution in [2.24, 2.45) is 0 Å². The molecule has 206 valence electrons. The van der Waals surface area contributed by atoms with Gasteiger partial charge in [0.25, 0.3) is 5.91 Å². The highest BCUT2D eigenvalue weighted by atomic mass is 35.5. The smallest absolute Gasteiger partial charge is 0.410 e. The molecule has 2 aromatic carbocycles. The fourth-order valence-corrected chi connectivity index (χ4v) is 4.95. The summed E-state index contributed by atoms with van der Waals surface area (Å²) in [4.78, 5) is 41.1. The van der Waals surface area contributed by atoms with Gasteiger partial charge in [-0.3, -0.25) is 14.9 Å². The molecular formula is C29H26ClFN4O5. The lowest BCUT2D eigenvalue weighted by molar-refractivity contribution is -0.116. The first-order valence-corrected chi connectivity index (χ1v) is 13.1. The van der Waals surface area contributed by atoms with E-state index in [4.69, 9.17) is 21.4 Å². The minimum Gasteiger partial charge on any atom is -0.484 e. The van der Waals surface area contributed by atoms with E-state index >= 15 is 0 Å². The molecule has 0 bridgehead atoms. The van der Waals surface area contributed by atoms with Crippen molar-refractivity contribution >= 4 is 35.3 Å². The Morgan fingerprint density at radius 3 is 2.62 bits per heavy atom. The summed E-state index contributed by atoms with van der Waals surface area (Å²) in [5, 5.41) is 14.1. The number of carbonyl (C=O) groups is 3. The third kappa shape index (κ3) is 6.40. The number of nitrogens with zero attached hydrogens (tertiary/aromatic N) is 2. The zero-order chi connectivity index (χ0) is 28.2. The molecule has 1 fully saturated rings. The lowest BCUT2D eigenvalue weighted by Gasteiger charge is -2.15. The van der Waals surface area contributed by atoms with E-state index in [1.165, 1.54) is 23.2 Å². The van der Waals surface area contributed by atoms with Gasteiger partial charge in [-0.1, -0.05) is 29.8 Å². The maximum absolute atomic E-state index is 13.5. The number of amides is 3. The Hall–Kier alpha value is -4.44. The van der Waals surface area contributed by atoms with Crippen molar-refractivity contribution in [1.29, 1.82) is 0 Å². The SMILES string of the molecule is O=C(O)Nc1ccc(CNC(=O)/C=C/C2Cc3cc(-c4ccc(C(=O)N5CC[C@H](F)C5)cc4)cc(Cl)c3O2)cn1. The molecule has 1 unspecified atom stereocenters. The van der Waals surface area contributed by atoms with E-state index in [0.717, 1.165) is 16.7 Å². The van der Waals surface area contributed by atoms with Crippen LogP contribution >= 0.6 is 11.6 Å². The van der Waals surface area contributed by atoms with Crippen LogP contribution in [0.4, 0.5) is 15.0 Å². The highest BCUT2D eigenvalue weighted by molar-refractivity contribution is 6.32. The van der Waals surface area contributed by atoms with Gasteiger partial charge in [0.05, 0.1) is 11.6 Å². The third-order valence-electron chi connectivity index (χ3n) is 6.68. The molecular weight excluding hydrogens is 539 g/mol. The van der Waals surface area contributed by atoms with Gasteiger partial charge in [0.2, 0.25) is 5.91 Å². The molecule has 40 heavy (non-hydrogen) atoms. The summed E-state index contributed by atoms with van der Waals surface area (Å²) in [5.74, 6) is 0.283. The van der Waals surface area contributed by atoms with Crippen LogP contribution in [0, 0.1) is 0 Å². The molecule has 3 amide bonds. The minimum atomic E-state index is -1.20. The van der Waals surface area contributed by atoms with Crippen LogP contribution in [-0.2, 0) is 17.8 Å². The molecule has 2 aliphatic rings. The zero-order valence-corrected chi connectivity index (χ0v) is 22.0. The average molecular weight is 565 g/mol. The number of hydrogen-bond acceptors (Lipinski definition) is 5. The molecule has 0 radical (unpaired) electrons. The van der Waals surface area contributed by atoms with Crippen LogP contribution in [0.5, 0.6) is 5.75 Å². The van der Waals surface area contributed by atoms with E-state index in [1.807, 2.05) is 18.2 Å². The Bertz CT molecular complexity index is 1460. The molecule has 2 aliphatic heterocycles. The van der Waals surface area contributed by atoms with Crippen molar-refractivity contribution in [3.63, 3.8) is 0 Å². The Balaban J connectivity index is 1.17. The molecule has 0 aliphatic carbocycles. The number of hydrogen-bond donors (Lipinski definition) is 3. The van der Waals surface area contributed by atoms with Crippen LogP contribution in [0.15, 0.2) is 66.9 Å². The van der Waals surface area contributed by atoms with Gasteiger partial charge >= 0.3 is 6.09 Å². The molecule has 5 rings (SSSR count). The Labute approximate surface area is 234 Å². The highest BCUT2D eigenvalue weighted by Crippen LogP contribution is 2.40. The van der Waals surface area contributed by atoms with Crippen molar-refractivity contribution in [3.05, 3.63) is 88.6 Å². The predicted molar refractivity (Wildman–Crippen MR) is 147 cm³/mol. The molecule has 3 aromatic rings. The van der Waals surface area contributed by atoms with Crippen molar-refractivity contribution in [1.82, 2.24) is 15.2 Å². The molecule has 3 N–H and O–H groups in total. The lowest BCUT2D eigenvalue weighted by atomic mass is 9.99. The van der Waals surface area contributed by atoms with Gasteiger partial charge in [0.1, 0.15) is 23.8 Å². The molecule has 1 saturated heterocycles. The number of carbonyl (C=O) groups excluding carboxylic acids is 2. The number of carboxylic acid groups (broad SMARTS) is 1. The zero-order valence-electron chi connectivity index (χ0n) is 21.3. The quantitative estimate of drug-likeness (QED) is 0.353. The second-order valence-corrected chi connectivity index (χ2v) is 9.99. The number of pyridine rings is 1. The molecule has 1 aromatic heterocycles. The van der Waals surface area contributed by atoms with E-state index in [9.17, 15) is 18.8 Å². The van der Waals surface area contributed by atoms with Crippen molar-refractivity contribution in [2.75, 3.05) is 18.4 Å². The van der Waals surface area contributed by atoms with Crippen molar-refractivity contribution < 1.29 is 28.6 Å². The Morgan fingerprint density at radius 1 is 1.15 bits per heavy atom. The maximum Gasteiger partial charge on any atom is 0.410 e. The number of anilines is 1. The number of likely N-dealkylation sites (tertiary alicyclic amines) is 1. The second-order valence-electron chi connectivity index (χ2n) is 9.58. The molecule has 11 heteroatoms. The minimum absolute atomic E-state index is 0.137. The van der Waals surface area contributed by atoms with Crippen LogP contribution in [0.1, 0.15) is 27.9 Å². The molecule has 0 saturated carbocycles. The largest absolute Gasteiger partial charge is 0.484 e. The molecule has 9 nitrogen and oxygen atoms in total. The van der Waals surface area contributed by atoms with Crippen LogP contribution in [-0.4, -0.2) is 58.3 Å². The van der Waals surface area contributed by atoms with E-state index < -0.39 is 12.3 Å². The van der Waals surface area contributed by atoms with E-state index in [2.05, 4.69) is 15.6 Å². The fraction of sp³-hybridized carbons (Fsp3) is 0.241. The number of alkyl halides is 1. The van der Waals surface area contributed by atoms with Crippen LogP contribution < -0.4 is 15.4 Å². The number of rotatable bonds is 7. The summed E-state index contributed by atoms with van der Waals surface area (Å²) in [6.45, 7) is 0.791. The molecule has 3 heterocycles. The van der Waals surface area contributed by atoms with Crippen molar-refractivity contribution in [2.45, 2.75) is 31.7 Å². The Morgan fingerprint density at radius 2 is 1.95 bits per heavy atom. The number of fused-ring (bicyclic) bond motifs is 1. The van der Waals surface area contributed by atoms with Gasteiger partial charge in [-0.2, -0.15) is 0 Å². The Kier molecular flexibility index (Phi) is 7.97. The highest BCUT2D eigenvalue weighted by Gasteiger charge is 2.27. The van der Waals surface area contributed by atoms with Crippen molar-refractivity contribution in [3.8, 4) is 16.9 Å². The number of nitrogens with one attached hydrogen (secondary N) is 2. The predicted octanol–water partition coefficient (Wildman–Crippen LogP) is 4.85. The number of ether oxygens (including phenoxy) is 1. The first-order chi connectivity index (χ1) is 19.2. The monoisotopic (exact) mass is 564 g/mol. The summed E-state index contributed by atoms with van der Waals surface area (Å²) in [6, 6.07) is 14.1. The summed E-state index contributed by atoms with van der Waals surface area (Å²) in [6.07, 6.45) is 2.93. The first-order valence-electron chi connectivity index (χ1n) is 12.7. The number of aromatic nitrogens is 1. The van der Waals surface area contributed by atoms with E-state index in [-0.39, 0.29) is 36.8 Å². The van der Waals surface area contributed by atoms with Crippen LogP contribution in [0.3, 0.4) is 0 Å². The van der Waals surface area contributed by atoms with Gasteiger partial charge in [-0.15, -0.1) is 0 Å². The fourth-order valence-electron chi connectivity index (χ4n) is 4.66. The van der Waals surface area contributed by atoms with Crippen LogP contribution in [0.2, 0.25) is 5.02 Å². The van der Waals surface area contributed by atoms with Crippen LogP contribution in [0.25, 0.3) is 11.1 Å². The van der Waals surface area contributed by atoms with Gasteiger partial charge in [-0.05, 0) is 59.5 Å². The molecule has 0 spiro atoms. The second kappa shape index (κ2) is 11.7. The number of halogens is 2. The van der Waals surface area contributed by atoms with Gasteiger partial charge in [0, 0.05) is 42.9 Å². The van der Waals surface area contributed by atoms with Gasteiger partial charge in [0.15, 0.2) is 0 Å². The normalized spacial score (nSPS) is 17.9. The topological polar surface area (TPSA) is 121 Å². The lowest BCUT2D eigenvalue weighted by Crippen LogP contribution is -2.28. The van der Waals surface area contributed by atoms with E-state index in [1.54, 1.807) is 30.3 Å². The standard InChI is InChI=1S/C29H26ClFN4O5/c30-24-13-20(18-2-4-19(5-3-18)28(37)35-10-9-22(31)16-35)11-21-12-23(40-27(21)24)6-8-26(36)33-15-17-1-7-25(32-14-17)34-29(38)39/h1-8,11,13-14,22-23H,9-10,12,15-16H2,(H,32,34)(H,33,36)(H,38,39)/b8-6+/t22-,23?/m0/s1. The third-order valence-corrected chi connectivity index (χ3v) is 6.96.